The number of benzene rings is 1. The molecule has 1 aliphatic carbocycles. The largest absolute Gasteiger partial charge is 0.373 e. The number of rotatable bonds is 5. The number of fused-ring (bicyclic) bond motifs is 1. The van der Waals surface area contributed by atoms with Gasteiger partial charge in [0.2, 0.25) is 11.8 Å². The standard InChI is InChI=1S/C15H19N3O2/c19-14(17-11-5-6-11)7-8-16-15(20)13-9-10-3-1-2-4-12(10)18-13/h1-4,11,13,18H,5-9H2,(H,16,20)(H,17,19)/t13-/m0/s1. The van der Waals surface area contributed by atoms with Gasteiger partial charge in [0.25, 0.3) is 0 Å². The van der Waals surface area contributed by atoms with E-state index in [2.05, 4.69) is 16.0 Å². The van der Waals surface area contributed by atoms with Crippen molar-refractivity contribution < 1.29 is 9.59 Å². The van der Waals surface area contributed by atoms with Crippen molar-refractivity contribution in [3.05, 3.63) is 29.8 Å². The first-order valence-corrected chi connectivity index (χ1v) is 7.14. The Morgan fingerprint density at radius 2 is 2.05 bits per heavy atom. The van der Waals surface area contributed by atoms with Crippen LogP contribution in [0.2, 0.25) is 0 Å². The van der Waals surface area contributed by atoms with Gasteiger partial charge >= 0.3 is 0 Å². The molecule has 3 rings (SSSR count). The molecule has 106 valence electrons. The van der Waals surface area contributed by atoms with E-state index in [-0.39, 0.29) is 17.9 Å². The monoisotopic (exact) mass is 273 g/mol. The SMILES string of the molecule is O=C(CCNC(=O)[C@@H]1Cc2ccccc2N1)NC1CC1. The lowest BCUT2D eigenvalue weighted by molar-refractivity contribution is -0.122. The summed E-state index contributed by atoms with van der Waals surface area (Å²) in [5, 5.41) is 8.93. The normalized spacial score (nSPS) is 19.9. The number of anilines is 1. The number of hydrogen-bond acceptors (Lipinski definition) is 3. The second-order valence-corrected chi connectivity index (χ2v) is 5.44. The molecule has 0 spiro atoms. The molecule has 0 saturated heterocycles. The third kappa shape index (κ3) is 3.10. The lowest BCUT2D eigenvalue weighted by Crippen LogP contribution is -2.40. The second kappa shape index (κ2) is 5.53. The van der Waals surface area contributed by atoms with Crippen LogP contribution in [0.1, 0.15) is 24.8 Å². The summed E-state index contributed by atoms with van der Waals surface area (Å²) < 4.78 is 0. The topological polar surface area (TPSA) is 70.2 Å². The summed E-state index contributed by atoms with van der Waals surface area (Å²) >= 11 is 0. The predicted molar refractivity (Wildman–Crippen MR) is 76.3 cm³/mol. The van der Waals surface area contributed by atoms with Crippen molar-refractivity contribution in [1.29, 1.82) is 0 Å². The molecule has 5 heteroatoms. The Morgan fingerprint density at radius 3 is 2.80 bits per heavy atom. The van der Waals surface area contributed by atoms with E-state index in [0.29, 0.717) is 25.4 Å². The summed E-state index contributed by atoms with van der Waals surface area (Å²) in [6, 6.07) is 8.09. The third-order valence-corrected chi connectivity index (χ3v) is 3.68. The van der Waals surface area contributed by atoms with Gasteiger partial charge in [-0.15, -0.1) is 0 Å². The van der Waals surface area contributed by atoms with E-state index in [1.165, 1.54) is 5.56 Å². The molecule has 5 nitrogen and oxygen atoms in total. The van der Waals surface area contributed by atoms with Crippen molar-refractivity contribution in [2.75, 3.05) is 11.9 Å². The van der Waals surface area contributed by atoms with Crippen LogP contribution in [0.4, 0.5) is 5.69 Å². The highest BCUT2D eigenvalue weighted by atomic mass is 16.2. The highest BCUT2D eigenvalue weighted by Crippen LogP contribution is 2.25. The van der Waals surface area contributed by atoms with Gasteiger partial charge < -0.3 is 16.0 Å². The summed E-state index contributed by atoms with van der Waals surface area (Å²) in [4.78, 5) is 23.5. The maximum atomic E-state index is 12.0. The van der Waals surface area contributed by atoms with Gasteiger partial charge in [-0.25, -0.2) is 0 Å². The van der Waals surface area contributed by atoms with E-state index in [1.54, 1.807) is 0 Å². The van der Waals surface area contributed by atoms with E-state index in [1.807, 2.05) is 24.3 Å². The Kier molecular flexibility index (Phi) is 3.58. The number of hydrogen-bond donors (Lipinski definition) is 3. The quantitative estimate of drug-likeness (QED) is 0.743. The fourth-order valence-electron chi connectivity index (χ4n) is 2.41. The van der Waals surface area contributed by atoms with E-state index < -0.39 is 0 Å². The predicted octanol–water partition coefficient (Wildman–Crippen LogP) is 0.808. The third-order valence-electron chi connectivity index (χ3n) is 3.68. The molecular formula is C15H19N3O2. The van der Waals surface area contributed by atoms with Crippen LogP contribution in [-0.4, -0.2) is 30.4 Å². The van der Waals surface area contributed by atoms with Crippen molar-refractivity contribution in [2.45, 2.75) is 37.8 Å². The molecule has 1 fully saturated rings. The number of carbonyl (C=O) groups is 2. The van der Waals surface area contributed by atoms with Gasteiger partial charge in [-0.05, 0) is 24.5 Å². The molecule has 0 radical (unpaired) electrons. The lowest BCUT2D eigenvalue weighted by Gasteiger charge is -2.11. The molecule has 1 saturated carbocycles. The molecule has 1 atom stereocenters. The smallest absolute Gasteiger partial charge is 0.242 e. The Bertz CT molecular complexity index is 501. The van der Waals surface area contributed by atoms with Crippen LogP contribution in [0.25, 0.3) is 0 Å². The summed E-state index contributed by atoms with van der Waals surface area (Å²) in [6.45, 7) is 0.395. The van der Waals surface area contributed by atoms with Gasteiger partial charge in [0.15, 0.2) is 0 Å². The fourth-order valence-corrected chi connectivity index (χ4v) is 2.41. The average molecular weight is 273 g/mol. The maximum Gasteiger partial charge on any atom is 0.242 e. The number of nitrogens with one attached hydrogen (secondary N) is 3. The van der Waals surface area contributed by atoms with Crippen LogP contribution >= 0.6 is 0 Å². The van der Waals surface area contributed by atoms with Gasteiger partial charge in [0, 0.05) is 31.1 Å². The molecule has 1 aromatic carbocycles. The minimum atomic E-state index is -0.223. The molecular weight excluding hydrogens is 254 g/mol. The second-order valence-electron chi connectivity index (χ2n) is 5.44. The van der Waals surface area contributed by atoms with Crippen molar-refractivity contribution in [3.63, 3.8) is 0 Å². The number of para-hydroxylation sites is 1. The van der Waals surface area contributed by atoms with Crippen LogP contribution < -0.4 is 16.0 Å². The molecule has 3 N–H and O–H groups in total. The zero-order chi connectivity index (χ0) is 13.9. The first-order chi connectivity index (χ1) is 9.72. The van der Waals surface area contributed by atoms with Gasteiger partial charge in [0.05, 0.1) is 0 Å². The summed E-state index contributed by atoms with van der Waals surface area (Å²) in [6.07, 6.45) is 3.23. The molecule has 0 aromatic heterocycles. The summed E-state index contributed by atoms with van der Waals surface area (Å²) in [5.74, 6) is -0.0177. The first-order valence-electron chi connectivity index (χ1n) is 7.14. The van der Waals surface area contributed by atoms with Crippen molar-refractivity contribution in [3.8, 4) is 0 Å². The Labute approximate surface area is 118 Å². The molecule has 2 amide bonds. The Hall–Kier alpha value is -2.04. The first kappa shape index (κ1) is 13.0. The number of amides is 2. The Balaban J connectivity index is 1.40. The highest BCUT2D eigenvalue weighted by Gasteiger charge is 2.26. The van der Waals surface area contributed by atoms with Gasteiger partial charge in [0.1, 0.15) is 6.04 Å². The molecule has 2 aliphatic rings. The van der Waals surface area contributed by atoms with Crippen LogP contribution in [0.15, 0.2) is 24.3 Å². The van der Waals surface area contributed by atoms with Gasteiger partial charge in [-0.3, -0.25) is 9.59 Å². The van der Waals surface area contributed by atoms with Crippen molar-refractivity contribution >= 4 is 17.5 Å². The van der Waals surface area contributed by atoms with Crippen LogP contribution in [0.5, 0.6) is 0 Å². The lowest BCUT2D eigenvalue weighted by atomic mass is 10.1. The summed E-state index contributed by atoms with van der Waals surface area (Å²) in [5.41, 5.74) is 2.19. The van der Waals surface area contributed by atoms with E-state index >= 15 is 0 Å². The minimum absolute atomic E-state index is 0.0236. The zero-order valence-electron chi connectivity index (χ0n) is 11.3. The average Bonchev–Trinajstić information content (AvgIpc) is 3.13. The molecule has 1 heterocycles. The summed E-state index contributed by atoms with van der Waals surface area (Å²) in [7, 11) is 0. The van der Waals surface area contributed by atoms with Crippen LogP contribution in [0.3, 0.4) is 0 Å². The number of carbonyl (C=O) groups excluding carboxylic acids is 2. The van der Waals surface area contributed by atoms with Gasteiger partial charge in [-0.1, -0.05) is 18.2 Å². The van der Waals surface area contributed by atoms with Crippen molar-refractivity contribution in [1.82, 2.24) is 10.6 Å². The van der Waals surface area contributed by atoms with E-state index in [4.69, 9.17) is 0 Å². The maximum absolute atomic E-state index is 12.0. The van der Waals surface area contributed by atoms with Crippen LogP contribution in [0, 0.1) is 0 Å². The van der Waals surface area contributed by atoms with Crippen molar-refractivity contribution in [2.24, 2.45) is 0 Å². The van der Waals surface area contributed by atoms with E-state index in [0.717, 1.165) is 18.5 Å². The Morgan fingerprint density at radius 1 is 1.25 bits per heavy atom. The molecule has 0 unspecified atom stereocenters. The van der Waals surface area contributed by atoms with Crippen LogP contribution in [-0.2, 0) is 16.0 Å². The molecule has 0 bridgehead atoms. The molecule has 20 heavy (non-hydrogen) atoms. The zero-order valence-corrected chi connectivity index (χ0v) is 11.3. The molecule has 1 aromatic rings. The molecule has 1 aliphatic heterocycles. The highest BCUT2D eigenvalue weighted by molar-refractivity contribution is 5.87. The van der Waals surface area contributed by atoms with E-state index in [9.17, 15) is 9.59 Å². The van der Waals surface area contributed by atoms with Gasteiger partial charge in [-0.2, -0.15) is 0 Å². The minimum Gasteiger partial charge on any atom is -0.373 e. The fraction of sp³-hybridized carbons (Fsp3) is 0.467.